The second-order valence-electron chi connectivity index (χ2n) is 5.34. The first-order chi connectivity index (χ1) is 9.88. The number of carboxylic acids is 1. The third-order valence-electron chi connectivity index (χ3n) is 3.64. The van der Waals surface area contributed by atoms with Gasteiger partial charge in [0.15, 0.2) is 0 Å². The molecular formula is C17H19NO3. The van der Waals surface area contributed by atoms with E-state index in [1.807, 2.05) is 38.4 Å². The van der Waals surface area contributed by atoms with Crippen LogP contribution in [0, 0.1) is 0 Å². The highest BCUT2D eigenvalue weighted by Gasteiger charge is 2.11. The van der Waals surface area contributed by atoms with Crippen LogP contribution in [0.3, 0.4) is 0 Å². The first kappa shape index (κ1) is 15.1. The number of aromatic carboxylic acids is 1. The fourth-order valence-corrected chi connectivity index (χ4v) is 2.18. The summed E-state index contributed by atoms with van der Waals surface area (Å²) >= 11 is 0. The topological polar surface area (TPSA) is 60.8 Å². The molecule has 0 saturated carbocycles. The molecule has 0 spiro atoms. The Hall–Kier alpha value is -2.33. The van der Waals surface area contributed by atoms with Gasteiger partial charge in [-0.25, -0.2) is 4.79 Å². The zero-order valence-electron chi connectivity index (χ0n) is 12.4. The molecule has 1 atom stereocenters. The fraction of sp³-hybridized carbons (Fsp3) is 0.235. The Kier molecular flexibility index (Phi) is 4.29. The summed E-state index contributed by atoms with van der Waals surface area (Å²) in [6.07, 6.45) is 0. The van der Waals surface area contributed by atoms with E-state index in [-0.39, 0.29) is 17.4 Å². The van der Waals surface area contributed by atoms with Gasteiger partial charge >= 0.3 is 5.97 Å². The van der Waals surface area contributed by atoms with Gasteiger partial charge < -0.3 is 15.1 Å². The van der Waals surface area contributed by atoms with Gasteiger partial charge in [0, 0.05) is 6.04 Å². The van der Waals surface area contributed by atoms with Crippen molar-refractivity contribution in [3.63, 3.8) is 0 Å². The summed E-state index contributed by atoms with van der Waals surface area (Å²) in [7, 11) is 4.02. The zero-order valence-corrected chi connectivity index (χ0v) is 12.4. The van der Waals surface area contributed by atoms with Crippen LogP contribution in [-0.4, -0.2) is 35.2 Å². The zero-order chi connectivity index (χ0) is 15.6. The molecule has 21 heavy (non-hydrogen) atoms. The van der Waals surface area contributed by atoms with Gasteiger partial charge in [0.1, 0.15) is 5.75 Å². The summed E-state index contributed by atoms with van der Waals surface area (Å²) in [5, 5.41) is 18.8. The molecule has 0 bridgehead atoms. The van der Waals surface area contributed by atoms with Gasteiger partial charge in [-0.2, -0.15) is 0 Å². The Morgan fingerprint density at radius 3 is 2.43 bits per heavy atom. The number of rotatable bonds is 4. The summed E-state index contributed by atoms with van der Waals surface area (Å²) in [6.45, 7) is 2.10. The van der Waals surface area contributed by atoms with Gasteiger partial charge in [0.25, 0.3) is 0 Å². The van der Waals surface area contributed by atoms with Crippen LogP contribution in [0.4, 0.5) is 0 Å². The third kappa shape index (κ3) is 3.41. The minimum absolute atomic E-state index is 0.0454. The van der Waals surface area contributed by atoms with E-state index >= 15 is 0 Å². The van der Waals surface area contributed by atoms with Crippen molar-refractivity contribution in [1.29, 1.82) is 0 Å². The number of hydrogen-bond acceptors (Lipinski definition) is 3. The summed E-state index contributed by atoms with van der Waals surface area (Å²) in [5.41, 5.74) is 2.80. The van der Waals surface area contributed by atoms with Crippen LogP contribution in [0.15, 0.2) is 42.5 Å². The monoisotopic (exact) mass is 285 g/mol. The summed E-state index contributed by atoms with van der Waals surface area (Å²) in [5.74, 6) is -1.10. The molecular weight excluding hydrogens is 266 g/mol. The van der Waals surface area contributed by atoms with Gasteiger partial charge in [0.05, 0.1) is 5.56 Å². The highest BCUT2D eigenvalue weighted by atomic mass is 16.4. The molecule has 2 N–H and O–H groups in total. The second kappa shape index (κ2) is 5.97. The number of carboxylic acid groups (broad SMARTS) is 1. The molecule has 2 rings (SSSR count). The Bertz CT molecular complexity index is 665. The van der Waals surface area contributed by atoms with E-state index in [9.17, 15) is 9.90 Å². The molecule has 110 valence electrons. The maximum atomic E-state index is 11.1. The lowest BCUT2D eigenvalue weighted by Crippen LogP contribution is -2.16. The van der Waals surface area contributed by atoms with E-state index in [1.54, 1.807) is 12.1 Å². The molecule has 4 nitrogen and oxygen atoms in total. The molecule has 0 aromatic heterocycles. The van der Waals surface area contributed by atoms with Gasteiger partial charge in [-0.3, -0.25) is 0 Å². The number of phenols is 1. The Balaban J connectivity index is 2.47. The Morgan fingerprint density at radius 2 is 1.81 bits per heavy atom. The van der Waals surface area contributed by atoms with Crippen molar-refractivity contribution in [3.05, 3.63) is 53.6 Å². The first-order valence-electron chi connectivity index (χ1n) is 6.72. The SMILES string of the molecule is C[C@H](c1cccc(-c2cc(O)cc(C(=O)O)c2)c1)N(C)C. The molecule has 0 heterocycles. The van der Waals surface area contributed by atoms with E-state index in [0.29, 0.717) is 5.56 Å². The van der Waals surface area contributed by atoms with E-state index in [0.717, 1.165) is 11.1 Å². The summed E-state index contributed by atoms with van der Waals surface area (Å²) in [6, 6.07) is 12.5. The molecule has 2 aromatic carbocycles. The maximum Gasteiger partial charge on any atom is 0.335 e. The van der Waals surface area contributed by atoms with Crippen molar-refractivity contribution in [2.24, 2.45) is 0 Å². The van der Waals surface area contributed by atoms with E-state index in [2.05, 4.69) is 11.8 Å². The predicted octanol–water partition coefficient (Wildman–Crippen LogP) is 3.38. The number of phenolic OH excluding ortho intramolecular Hbond substituents is 1. The number of hydrogen-bond donors (Lipinski definition) is 2. The third-order valence-corrected chi connectivity index (χ3v) is 3.64. The molecule has 0 fully saturated rings. The van der Waals surface area contributed by atoms with Gasteiger partial charge in [-0.15, -0.1) is 0 Å². The molecule has 0 saturated heterocycles. The number of aromatic hydroxyl groups is 1. The van der Waals surface area contributed by atoms with Crippen molar-refractivity contribution in [2.75, 3.05) is 14.1 Å². The molecule has 2 aromatic rings. The average Bonchev–Trinajstić information content (AvgIpc) is 2.45. The normalized spacial score (nSPS) is 12.4. The predicted molar refractivity (Wildman–Crippen MR) is 82.6 cm³/mol. The van der Waals surface area contributed by atoms with Crippen LogP contribution < -0.4 is 0 Å². The van der Waals surface area contributed by atoms with Crippen LogP contribution in [0.5, 0.6) is 5.75 Å². The van der Waals surface area contributed by atoms with Crippen LogP contribution in [0.25, 0.3) is 11.1 Å². The maximum absolute atomic E-state index is 11.1. The molecule has 4 heteroatoms. The quantitative estimate of drug-likeness (QED) is 0.904. The van der Waals surface area contributed by atoms with Gasteiger partial charge in [0.2, 0.25) is 0 Å². The highest BCUT2D eigenvalue weighted by Crippen LogP contribution is 2.28. The van der Waals surface area contributed by atoms with Gasteiger partial charge in [-0.05, 0) is 62.0 Å². The average molecular weight is 285 g/mol. The van der Waals surface area contributed by atoms with E-state index < -0.39 is 5.97 Å². The Morgan fingerprint density at radius 1 is 1.10 bits per heavy atom. The standard InChI is InChI=1S/C17H19NO3/c1-11(18(2)3)12-5-4-6-13(7-12)14-8-15(17(20)21)10-16(19)9-14/h4-11,19H,1-3H3,(H,20,21)/t11-/m1/s1. The van der Waals surface area contributed by atoms with Crippen LogP contribution in [0.1, 0.15) is 28.9 Å². The van der Waals surface area contributed by atoms with Crippen LogP contribution in [0.2, 0.25) is 0 Å². The second-order valence-corrected chi connectivity index (χ2v) is 5.34. The minimum Gasteiger partial charge on any atom is -0.508 e. The first-order valence-corrected chi connectivity index (χ1v) is 6.72. The van der Waals surface area contributed by atoms with Gasteiger partial charge in [-0.1, -0.05) is 18.2 Å². The van der Waals surface area contributed by atoms with Crippen molar-refractivity contribution >= 4 is 5.97 Å². The minimum atomic E-state index is -1.05. The molecule has 0 unspecified atom stereocenters. The Labute approximate surface area is 124 Å². The van der Waals surface area contributed by atoms with Crippen molar-refractivity contribution in [1.82, 2.24) is 4.90 Å². The van der Waals surface area contributed by atoms with Crippen molar-refractivity contribution < 1.29 is 15.0 Å². The largest absolute Gasteiger partial charge is 0.508 e. The summed E-state index contributed by atoms with van der Waals surface area (Å²) in [4.78, 5) is 13.2. The lowest BCUT2D eigenvalue weighted by atomic mass is 9.98. The van der Waals surface area contributed by atoms with E-state index in [4.69, 9.17) is 5.11 Å². The van der Waals surface area contributed by atoms with E-state index in [1.165, 1.54) is 6.07 Å². The highest BCUT2D eigenvalue weighted by molar-refractivity contribution is 5.90. The molecule has 0 aliphatic rings. The lowest BCUT2D eigenvalue weighted by Gasteiger charge is -2.20. The fourth-order valence-electron chi connectivity index (χ4n) is 2.18. The molecule has 0 radical (unpaired) electrons. The molecule has 0 amide bonds. The number of nitrogens with zero attached hydrogens (tertiary/aromatic N) is 1. The smallest absolute Gasteiger partial charge is 0.335 e. The number of carbonyl (C=O) groups is 1. The van der Waals surface area contributed by atoms with Crippen LogP contribution >= 0.6 is 0 Å². The van der Waals surface area contributed by atoms with Crippen LogP contribution in [-0.2, 0) is 0 Å². The lowest BCUT2D eigenvalue weighted by molar-refractivity contribution is 0.0696. The van der Waals surface area contributed by atoms with Crippen molar-refractivity contribution in [3.8, 4) is 16.9 Å². The number of benzene rings is 2. The summed E-state index contributed by atoms with van der Waals surface area (Å²) < 4.78 is 0. The van der Waals surface area contributed by atoms with Crippen molar-refractivity contribution in [2.45, 2.75) is 13.0 Å². The molecule has 0 aliphatic heterocycles. The molecule has 0 aliphatic carbocycles.